The van der Waals surface area contributed by atoms with Gasteiger partial charge in [0.1, 0.15) is 6.61 Å². The zero-order valence-corrected chi connectivity index (χ0v) is 10.00. The number of ether oxygens (including phenoxy) is 1. The lowest BCUT2D eigenvalue weighted by atomic mass is 10.2. The molecule has 0 saturated carbocycles. The van der Waals surface area contributed by atoms with Crippen LogP contribution >= 0.6 is 0 Å². The van der Waals surface area contributed by atoms with Gasteiger partial charge in [-0.25, -0.2) is 0 Å². The van der Waals surface area contributed by atoms with Crippen molar-refractivity contribution in [2.24, 2.45) is 0 Å². The first-order chi connectivity index (χ1) is 8.78. The molecule has 0 unspecified atom stereocenters. The fraction of sp³-hybridized carbons (Fsp3) is 0.333. The number of ketones is 1. The number of aromatic nitrogens is 3. The topological polar surface area (TPSA) is 78.1 Å². The maximum atomic E-state index is 11.3. The molecular formula is C12H13N3O3. The third-order valence-corrected chi connectivity index (χ3v) is 2.23. The van der Waals surface area contributed by atoms with Crippen molar-refractivity contribution in [1.29, 1.82) is 0 Å². The molecular weight excluding hydrogens is 234 g/mol. The van der Waals surface area contributed by atoms with Gasteiger partial charge in [0.25, 0.3) is 0 Å². The number of hydrogen-bond acceptors (Lipinski definition) is 6. The SMILES string of the molecule is COCC(=O)Cc1nc(Cc2ccccn2)no1. The molecule has 0 saturated heterocycles. The van der Waals surface area contributed by atoms with E-state index in [-0.39, 0.29) is 18.8 Å². The smallest absolute Gasteiger partial charge is 0.234 e. The first kappa shape index (κ1) is 12.4. The molecule has 0 spiro atoms. The monoisotopic (exact) mass is 247 g/mol. The summed E-state index contributed by atoms with van der Waals surface area (Å²) in [6, 6.07) is 5.62. The summed E-state index contributed by atoms with van der Waals surface area (Å²) in [4.78, 5) is 19.6. The predicted octanol–water partition coefficient (Wildman–Crippen LogP) is 0.813. The number of pyridine rings is 1. The van der Waals surface area contributed by atoms with Gasteiger partial charge >= 0.3 is 0 Å². The summed E-state index contributed by atoms with van der Waals surface area (Å²) in [6.07, 6.45) is 2.30. The number of carbonyl (C=O) groups excluding carboxylic acids is 1. The summed E-state index contributed by atoms with van der Waals surface area (Å²) in [6.45, 7) is 0.0535. The fourth-order valence-electron chi connectivity index (χ4n) is 1.48. The van der Waals surface area contributed by atoms with Crippen LogP contribution in [-0.4, -0.2) is 34.6 Å². The van der Waals surface area contributed by atoms with E-state index in [1.54, 1.807) is 6.20 Å². The summed E-state index contributed by atoms with van der Waals surface area (Å²) in [7, 11) is 1.47. The Hall–Kier alpha value is -2.08. The highest BCUT2D eigenvalue weighted by Crippen LogP contribution is 2.04. The molecule has 6 nitrogen and oxygen atoms in total. The van der Waals surface area contributed by atoms with Gasteiger partial charge in [-0.3, -0.25) is 9.78 Å². The van der Waals surface area contributed by atoms with Crippen LogP contribution < -0.4 is 0 Å². The minimum atomic E-state index is -0.0921. The second-order valence-corrected chi connectivity index (χ2v) is 3.75. The normalized spacial score (nSPS) is 10.5. The van der Waals surface area contributed by atoms with Gasteiger partial charge in [0.05, 0.1) is 12.8 Å². The van der Waals surface area contributed by atoms with Gasteiger partial charge in [0.2, 0.25) is 5.89 Å². The molecule has 94 valence electrons. The summed E-state index contributed by atoms with van der Waals surface area (Å²) in [5.74, 6) is 0.738. The maximum absolute atomic E-state index is 11.3. The summed E-state index contributed by atoms with van der Waals surface area (Å²) < 4.78 is 9.72. The highest BCUT2D eigenvalue weighted by atomic mass is 16.5. The average molecular weight is 247 g/mol. The van der Waals surface area contributed by atoms with Gasteiger partial charge in [0, 0.05) is 19.0 Å². The van der Waals surface area contributed by atoms with Crippen molar-refractivity contribution in [3.8, 4) is 0 Å². The quantitative estimate of drug-likeness (QED) is 0.751. The van der Waals surface area contributed by atoms with Crippen LogP contribution in [0.4, 0.5) is 0 Å². The second kappa shape index (κ2) is 6.02. The van der Waals surface area contributed by atoms with Gasteiger partial charge in [-0.1, -0.05) is 11.2 Å². The first-order valence-corrected chi connectivity index (χ1v) is 5.50. The molecule has 0 amide bonds. The number of hydrogen-bond donors (Lipinski definition) is 0. The number of nitrogens with zero attached hydrogens (tertiary/aromatic N) is 3. The number of carbonyl (C=O) groups is 1. The third-order valence-electron chi connectivity index (χ3n) is 2.23. The third kappa shape index (κ3) is 3.46. The van der Waals surface area contributed by atoms with Crippen molar-refractivity contribution in [3.63, 3.8) is 0 Å². The molecule has 0 aromatic carbocycles. The Bertz CT molecular complexity index is 510. The Labute approximate surface area is 104 Å². The number of Topliss-reactive ketones (excluding diaryl/α,β-unsaturated/α-hetero) is 1. The van der Waals surface area contributed by atoms with E-state index in [4.69, 9.17) is 9.26 Å². The number of rotatable bonds is 6. The molecule has 2 rings (SSSR count). The van der Waals surface area contributed by atoms with E-state index >= 15 is 0 Å². The Morgan fingerprint density at radius 1 is 1.44 bits per heavy atom. The highest BCUT2D eigenvalue weighted by molar-refractivity contribution is 5.81. The van der Waals surface area contributed by atoms with Crippen LogP contribution in [0.25, 0.3) is 0 Å². The van der Waals surface area contributed by atoms with Crippen molar-refractivity contribution in [2.45, 2.75) is 12.8 Å². The van der Waals surface area contributed by atoms with E-state index in [2.05, 4.69) is 15.1 Å². The van der Waals surface area contributed by atoms with Crippen molar-refractivity contribution in [3.05, 3.63) is 41.8 Å². The van der Waals surface area contributed by atoms with Gasteiger partial charge < -0.3 is 9.26 Å². The molecule has 6 heteroatoms. The van der Waals surface area contributed by atoms with E-state index in [9.17, 15) is 4.79 Å². The summed E-state index contributed by atoms with van der Waals surface area (Å²) in [5.41, 5.74) is 0.855. The lowest BCUT2D eigenvalue weighted by Crippen LogP contribution is -2.09. The average Bonchev–Trinajstić information content (AvgIpc) is 2.78. The van der Waals surface area contributed by atoms with Crippen LogP contribution in [0.5, 0.6) is 0 Å². The number of methoxy groups -OCH3 is 1. The maximum Gasteiger partial charge on any atom is 0.234 e. The van der Waals surface area contributed by atoms with Crippen LogP contribution in [0.3, 0.4) is 0 Å². The minimum Gasteiger partial charge on any atom is -0.377 e. The molecule has 2 aromatic heterocycles. The van der Waals surface area contributed by atoms with Crippen LogP contribution in [0.15, 0.2) is 28.9 Å². The molecule has 0 N–H and O–H groups in total. The Kier molecular flexibility index (Phi) is 4.14. The second-order valence-electron chi connectivity index (χ2n) is 3.75. The van der Waals surface area contributed by atoms with Gasteiger partial charge in [-0.05, 0) is 12.1 Å². The molecule has 0 radical (unpaired) electrons. The molecule has 18 heavy (non-hydrogen) atoms. The minimum absolute atomic E-state index is 0.0535. The van der Waals surface area contributed by atoms with E-state index in [1.165, 1.54) is 7.11 Å². The van der Waals surface area contributed by atoms with Gasteiger partial charge in [-0.15, -0.1) is 0 Å². The fourth-order valence-corrected chi connectivity index (χ4v) is 1.48. The van der Waals surface area contributed by atoms with Crippen molar-refractivity contribution < 1.29 is 14.1 Å². The van der Waals surface area contributed by atoms with Crippen molar-refractivity contribution in [2.75, 3.05) is 13.7 Å². The molecule has 0 bridgehead atoms. The molecule has 0 atom stereocenters. The highest BCUT2D eigenvalue weighted by Gasteiger charge is 2.11. The molecule has 2 aromatic rings. The van der Waals surface area contributed by atoms with E-state index in [0.29, 0.717) is 18.1 Å². The molecule has 0 fully saturated rings. The Morgan fingerprint density at radius 3 is 3.06 bits per heavy atom. The Morgan fingerprint density at radius 2 is 2.33 bits per heavy atom. The lowest BCUT2D eigenvalue weighted by Gasteiger charge is -1.94. The van der Waals surface area contributed by atoms with Crippen LogP contribution in [-0.2, 0) is 22.4 Å². The lowest BCUT2D eigenvalue weighted by molar-refractivity contribution is -0.122. The van der Waals surface area contributed by atoms with E-state index < -0.39 is 0 Å². The Balaban J connectivity index is 1.96. The molecule has 0 aliphatic heterocycles. The molecule has 0 aliphatic rings. The largest absolute Gasteiger partial charge is 0.377 e. The van der Waals surface area contributed by atoms with E-state index in [1.807, 2.05) is 18.2 Å². The predicted molar refractivity (Wildman–Crippen MR) is 61.9 cm³/mol. The van der Waals surface area contributed by atoms with Crippen molar-refractivity contribution in [1.82, 2.24) is 15.1 Å². The van der Waals surface area contributed by atoms with Crippen LogP contribution in [0.2, 0.25) is 0 Å². The summed E-state index contributed by atoms with van der Waals surface area (Å²) in [5, 5.41) is 3.81. The zero-order valence-electron chi connectivity index (χ0n) is 10.00. The summed E-state index contributed by atoms with van der Waals surface area (Å²) >= 11 is 0. The zero-order chi connectivity index (χ0) is 12.8. The first-order valence-electron chi connectivity index (χ1n) is 5.50. The van der Waals surface area contributed by atoms with Crippen LogP contribution in [0, 0.1) is 0 Å². The van der Waals surface area contributed by atoms with Crippen molar-refractivity contribution >= 4 is 5.78 Å². The molecule has 2 heterocycles. The van der Waals surface area contributed by atoms with Gasteiger partial charge in [-0.2, -0.15) is 4.98 Å². The standard InChI is InChI=1S/C12H13N3O3/c1-17-8-10(16)7-12-14-11(15-18-12)6-9-4-2-3-5-13-9/h2-5H,6-8H2,1H3. The van der Waals surface area contributed by atoms with Crippen LogP contribution in [0.1, 0.15) is 17.4 Å². The van der Waals surface area contributed by atoms with E-state index in [0.717, 1.165) is 5.69 Å². The molecule has 0 aliphatic carbocycles. The van der Waals surface area contributed by atoms with Gasteiger partial charge in [0.15, 0.2) is 11.6 Å².